The van der Waals surface area contributed by atoms with Gasteiger partial charge in [-0.2, -0.15) is 14.0 Å². The van der Waals surface area contributed by atoms with Crippen LogP contribution in [0.4, 0.5) is 17.6 Å². The summed E-state index contributed by atoms with van der Waals surface area (Å²) in [5.74, 6) is -2.43. The largest absolute Gasteiger partial charge is 0.478 e. The molecule has 0 spiro atoms. The minimum atomic E-state index is -3.29. The van der Waals surface area contributed by atoms with Gasteiger partial charge >= 0.3 is 12.6 Å². The summed E-state index contributed by atoms with van der Waals surface area (Å²) in [6, 6.07) is 2.42. The van der Waals surface area contributed by atoms with Crippen molar-refractivity contribution in [3.05, 3.63) is 28.8 Å². The highest BCUT2D eigenvalue weighted by Crippen LogP contribution is 2.30. The van der Waals surface area contributed by atoms with E-state index in [1.54, 1.807) is 0 Å². The van der Waals surface area contributed by atoms with Crippen LogP contribution in [0.2, 0.25) is 0 Å². The van der Waals surface area contributed by atoms with Crippen LogP contribution >= 0.6 is 0 Å². The summed E-state index contributed by atoms with van der Waals surface area (Å²) in [6.45, 7) is -3.29. The Bertz CT molecular complexity index is 511. The maximum Gasteiger partial charge on any atom is 0.387 e. The highest BCUT2D eigenvalue weighted by atomic mass is 19.3. The third-order valence-corrected chi connectivity index (χ3v) is 1.94. The van der Waals surface area contributed by atoms with Crippen molar-refractivity contribution in [2.45, 2.75) is 13.0 Å². The number of ether oxygens (including phenoxy) is 1. The first kappa shape index (κ1) is 13.8. The predicted molar refractivity (Wildman–Crippen MR) is 49.7 cm³/mol. The molecule has 0 heterocycles. The van der Waals surface area contributed by atoms with Gasteiger partial charge in [-0.15, -0.1) is 0 Å². The van der Waals surface area contributed by atoms with Gasteiger partial charge in [-0.1, -0.05) is 0 Å². The number of aromatic carboxylic acids is 1. The number of carbonyl (C=O) groups is 1. The molecule has 0 aliphatic carbocycles. The summed E-state index contributed by atoms with van der Waals surface area (Å²) >= 11 is 0. The molecule has 0 aromatic heterocycles. The first-order chi connectivity index (χ1) is 8.36. The van der Waals surface area contributed by atoms with Crippen LogP contribution in [0.3, 0.4) is 0 Å². The second-order valence-electron chi connectivity index (χ2n) is 3.03. The van der Waals surface area contributed by atoms with Crippen molar-refractivity contribution < 1.29 is 32.2 Å². The van der Waals surface area contributed by atoms with Gasteiger partial charge in [0.05, 0.1) is 11.1 Å². The molecule has 1 rings (SSSR count). The maximum absolute atomic E-state index is 12.6. The Morgan fingerprint density at radius 2 is 1.94 bits per heavy atom. The quantitative estimate of drug-likeness (QED) is 0.848. The number of nitrogens with zero attached hydrogens (tertiary/aromatic N) is 1. The molecule has 4 nitrogen and oxygen atoms in total. The van der Waals surface area contributed by atoms with E-state index in [4.69, 9.17) is 10.4 Å². The minimum Gasteiger partial charge on any atom is -0.478 e. The average molecular weight is 263 g/mol. The number of carboxylic acid groups (broad SMARTS) is 1. The van der Waals surface area contributed by atoms with E-state index in [-0.39, 0.29) is 0 Å². The van der Waals surface area contributed by atoms with E-state index in [2.05, 4.69) is 4.74 Å². The summed E-state index contributed by atoms with van der Waals surface area (Å²) in [5, 5.41) is 17.4. The number of alkyl halides is 4. The Labute approximate surface area is 98.0 Å². The first-order valence-corrected chi connectivity index (χ1v) is 4.41. The third kappa shape index (κ3) is 2.88. The normalized spacial score (nSPS) is 10.5. The smallest absolute Gasteiger partial charge is 0.387 e. The van der Waals surface area contributed by atoms with Crippen molar-refractivity contribution in [3.63, 3.8) is 0 Å². The third-order valence-electron chi connectivity index (χ3n) is 1.94. The monoisotopic (exact) mass is 263 g/mol. The van der Waals surface area contributed by atoms with Crippen LogP contribution in [0, 0.1) is 11.3 Å². The topological polar surface area (TPSA) is 70.3 Å². The molecule has 0 aliphatic rings. The molecular weight excluding hydrogens is 258 g/mol. The fourth-order valence-electron chi connectivity index (χ4n) is 1.27. The Kier molecular flexibility index (Phi) is 4.09. The number of hydrogen-bond acceptors (Lipinski definition) is 3. The number of rotatable bonds is 4. The molecule has 0 saturated carbocycles. The highest BCUT2D eigenvalue weighted by Gasteiger charge is 2.22. The van der Waals surface area contributed by atoms with Crippen LogP contribution in [-0.4, -0.2) is 17.7 Å². The fourth-order valence-corrected chi connectivity index (χ4v) is 1.27. The van der Waals surface area contributed by atoms with Crippen LogP contribution in [-0.2, 0) is 0 Å². The van der Waals surface area contributed by atoms with Gasteiger partial charge in [0, 0.05) is 5.56 Å². The van der Waals surface area contributed by atoms with Gasteiger partial charge in [0.2, 0.25) is 0 Å². The summed E-state index contributed by atoms with van der Waals surface area (Å²) in [7, 11) is 0. The maximum atomic E-state index is 12.6. The first-order valence-electron chi connectivity index (χ1n) is 4.41. The molecule has 0 amide bonds. The number of benzene rings is 1. The lowest BCUT2D eigenvalue weighted by atomic mass is 10.0. The van der Waals surface area contributed by atoms with Crippen LogP contribution in [0.25, 0.3) is 0 Å². The minimum absolute atomic E-state index is 0.516. The molecular formula is C10H5F4NO3. The van der Waals surface area contributed by atoms with E-state index in [1.165, 1.54) is 6.07 Å². The Hall–Kier alpha value is -2.30. The molecule has 1 aromatic rings. The van der Waals surface area contributed by atoms with Crippen LogP contribution in [0.1, 0.15) is 27.9 Å². The van der Waals surface area contributed by atoms with Crippen molar-refractivity contribution in [3.8, 4) is 11.8 Å². The zero-order valence-electron chi connectivity index (χ0n) is 8.53. The average Bonchev–Trinajstić information content (AvgIpc) is 2.26. The van der Waals surface area contributed by atoms with Gasteiger partial charge < -0.3 is 9.84 Å². The Morgan fingerprint density at radius 1 is 1.33 bits per heavy atom. The Balaban J connectivity index is 3.45. The molecule has 0 radical (unpaired) electrons. The van der Waals surface area contributed by atoms with E-state index in [9.17, 15) is 22.4 Å². The zero-order valence-corrected chi connectivity index (χ0v) is 8.53. The standard InChI is InChI=1S/C10H5F4NO3/c11-8(12)5-1-4(18-10(13)14)2-6(9(16)17)7(5)3-15/h1-2,8,10H,(H,16,17). The van der Waals surface area contributed by atoms with Gasteiger partial charge in [-0.3, -0.25) is 0 Å². The summed E-state index contributed by atoms with van der Waals surface area (Å²) < 4.78 is 52.9. The molecule has 1 aromatic carbocycles. The molecule has 0 fully saturated rings. The van der Waals surface area contributed by atoms with E-state index < -0.39 is 41.4 Å². The van der Waals surface area contributed by atoms with Gasteiger partial charge in [0.25, 0.3) is 6.43 Å². The second-order valence-corrected chi connectivity index (χ2v) is 3.03. The second kappa shape index (κ2) is 5.35. The van der Waals surface area contributed by atoms with Crippen molar-refractivity contribution in [1.82, 2.24) is 0 Å². The Morgan fingerprint density at radius 3 is 2.33 bits per heavy atom. The number of halogens is 4. The van der Waals surface area contributed by atoms with Crippen molar-refractivity contribution >= 4 is 5.97 Å². The predicted octanol–water partition coefficient (Wildman–Crippen LogP) is 2.80. The number of hydrogen-bond donors (Lipinski definition) is 1. The van der Waals surface area contributed by atoms with Gasteiger partial charge in [0.15, 0.2) is 0 Å². The van der Waals surface area contributed by atoms with Gasteiger partial charge in [-0.25, -0.2) is 13.6 Å². The lowest BCUT2D eigenvalue weighted by Crippen LogP contribution is -2.08. The summed E-state index contributed by atoms with van der Waals surface area (Å²) in [6.07, 6.45) is -3.18. The van der Waals surface area contributed by atoms with Crippen LogP contribution in [0.5, 0.6) is 5.75 Å². The molecule has 0 atom stereocenters. The summed E-state index contributed by atoms with van der Waals surface area (Å²) in [4.78, 5) is 10.8. The lowest BCUT2D eigenvalue weighted by molar-refractivity contribution is -0.0501. The number of carboxylic acids is 1. The summed E-state index contributed by atoms with van der Waals surface area (Å²) in [5.41, 5.74) is -2.56. The van der Waals surface area contributed by atoms with Crippen molar-refractivity contribution in [2.75, 3.05) is 0 Å². The van der Waals surface area contributed by atoms with E-state index >= 15 is 0 Å². The molecule has 0 aliphatic heterocycles. The van der Waals surface area contributed by atoms with Gasteiger partial charge in [-0.05, 0) is 12.1 Å². The fraction of sp³-hybridized carbons (Fsp3) is 0.200. The molecule has 8 heteroatoms. The molecule has 1 N–H and O–H groups in total. The van der Waals surface area contributed by atoms with Crippen molar-refractivity contribution in [2.24, 2.45) is 0 Å². The number of nitriles is 1. The van der Waals surface area contributed by atoms with Crippen LogP contribution < -0.4 is 4.74 Å². The lowest BCUT2D eigenvalue weighted by Gasteiger charge is -2.10. The SMILES string of the molecule is N#Cc1c(C(=O)O)cc(OC(F)F)cc1C(F)F. The van der Waals surface area contributed by atoms with E-state index in [0.29, 0.717) is 12.1 Å². The zero-order chi connectivity index (χ0) is 13.9. The molecule has 0 bridgehead atoms. The van der Waals surface area contributed by atoms with Crippen LogP contribution in [0.15, 0.2) is 12.1 Å². The van der Waals surface area contributed by atoms with E-state index in [0.717, 1.165) is 0 Å². The molecule has 18 heavy (non-hydrogen) atoms. The molecule has 0 unspecified atom stereocenters. The van der Waals surface area contributed by atoms with E-state index in [1.807, 2.05) is 0 Å². The molecule has 96 valence electrons. The van der Waals surface area contributed by atoms with Crippen molar-refractivity contribution in [1.29, 1.82) is 5.26 Å². The molecule has 0 saturated heterocycles. The highest BCUT2D eigenvalue weighted by molar-refractivity contribution is 5.91. The van der Waals surface area contributed by atoms with Gasteiger partial charge in [0.1, 0.15) is 11.8 Å².